The lowest BCUT2D eigenvalue weighted by Gasteiger charge is -2.17. The lowest BCUT2D eigenvalue weighted by atomic mass is 10.1. The average Bonchev–Trinajstić information content (AvgIpc) is 3.49. The number of hydrogen-bond acceptors (Lipinski definition) is 5. The van der Waals surface area contributed by atoms with Gasteiger partial charge >= 0.3 is 0 Å². The number of nitrogens with two attached hydrogens (primary N) is 1. The van der Waals surface area contributed by atoms with E-state index >= 15 is 0 Å². The number of hydrogen-bond donors (Lipinski definition) is 4. The van der Waals surface area contributed by atoms with Crippen molar-refractivity contribution in [1.82, 2.24) is 9.97 Å². The van der Waals surface area contributed by atoms with Gasteiger partial charge in [0.05, 0.1) is 10.5 Å². The van der Waals surface area contributed by atoms with E-state index in [-0.39, 0.29) is 16.9 Å². The first-order chi connectivity index (χ1) is 13.4. The maximum absolute atomic E-state index is 13.4. The van der Waals surface area contributed by atoms with Gasteiger partial charge in [-0.25, -0.2) is 9.37 Å². The monoisotopic (exact) mass is 398 g/mol. The van der Waals surface area contributed by atoms with Crippen LogP contribution >= 0.6 is 11.6 Å². The second-order valence-corrected chi connectivity index (χ2v) is 7.44. The molecule has 144 valence electrons. The lowest BCUT2D eigenvalue weighted by molar-refractivity contribution is 0.628. The van der Waals surface area contributed by atoms with E-state index in [4.69, 9.17) is 22.7 Å². The summed E-state index contributed by atoms with van der Waals surface area (Å²) in [4.78, 5) is 9.17. The Labute approximate surface area is 166 Å². The molecule has 5 N–H and O–H groups in total. The van der Waals surface area contributed by atoms with E-state index in [1.807, 2.05) is 12.1 Å². The number of halogens is 2. The molecule has 0 spiro atoms. The standard InChI is InChI=1S/C20H20ClFN6/c1-10(11-5-6-11)25-19-14-4-2-3-13(18(23)24)17(14)27-20(28-19)26-12-7-8-16(22)15(21)9-12/h2-4,7-11H,5-6H2,1H3,(H3,23,24)(H2,25,26,27,28). The van der Waals surface area contributed by atoms with Crippen LogP contribution in [0.5, 0.6) is 0 Å². The Morgan fingerprint density at radius 2 is 2.07 bits per heavy atom. The van der Waals surface area contributed by atoms with Crippen LogP contribution in [0.1, 0.15) is 25.3 Å². The van der Waals surface area contributed by atoms with Crippen LogP contribution in [0.3, 0.4) is 0 Å². The van der Waals surface area contributed by atoms with E-state index in [1.165, 1.54) is 25.0 Å². The highest BCUT2D eigenvalue weighted by molar-refractivity contribution is 6.31. The van der Waals surface area contributed by atoms with E-state index in [1.54, 1.807) is 12.1 Å². The molecular formula is C20H20ClFN6. The fourth-order valence-corrected chi connectivity index (χ4v) is 3.35. The number of nitrogen functional groups attached to an aromatic ring is 1. The van der Waals surface area contributed by atoms with E-state index in [0.29, 0.717) is 34.5 Å². The number of aromatic nitrogens is 2. The molecule has 0 saturated heterocycles. The summed E-state index contributed by atoms with van der Waals surface area (Å²) in [6.07, 6.45) is 2.41. The highest BCUT2D eigenvalue weighted by Crippen LogP contribution is 2.35. The molecule has 0 amide bonds. The summed E-state index contributed by atoms with van der Waals surface area (Å²) >= 11 is 5.87. The molecule has 1 unspecified atom stereocenters. The molecule has 1 aliphatic rings. The van der Waals surface area contributed by atoms with E-state index < -0.39 is 5.82 Å². The number of anilines is 3. The van der Waals surface area contributed by atoms with Crippen molar-refractivity contribution in [2.45, 2.75) is 25.8 Å². The lowest BCUT2D eigenvalue weighted by Crippen LogP contribution is -2.19. The average molecular weight is 399 g/mol. The third-order valence-electron chi connectivity index (χ3n) is 4.89. The minimum absolute atomic E-state index is 0.0101. The van der Waals surface area contributed by atoms with Crippen molar-refractivity contribution in [2.75, 3.05) is 10.6 Å². The molecule has 0 bridgehead atoms. The largest absolute Gasteiger partial charge is 0.384 e. The first kappa shape index (κ1) is 18.4. The Hall–Kier alpha value is -2.93. The Bertz CT molecular complexity index is 1070. The highest BCUT2D eigenvalue weighted by Gasteiger charge is 2.28. The van der Waals surface area contributed by atoms with Gasteiger partial charge in [0.2, 0.25) is 5.95 Å². The summed E-state index contributed by atoms with van der Waals surface area (Å²) in [5.74, 6) is 1.05. The number of amidine groups is 1. The van der Waals surface area contributed by atoms with E-state index in [9.17, 15) is 4.39 Å². The zero-order valence-corrected chi connectivity index (χ0v) is 16.0. The minimum Gasteiger partial charge on any atom is -0.384 e. The predicted molar refractivity (Wildman–Crippen MR) is 111 cm³/mol. The predicted octanol–water partition coefficient (Wildman–Crippen LogP) is 4.66. The van der Waals surface area contributed by atoms with Gasteiger partial charge in [-0.3, -0.25) is 5.41 Å². The summed E-state index contributed by atoms with van der Waals surface area (Å²) < 4.78 is 13.4. The second kappa shape index (κ2) is 7.24. The van der Waals surface area contributed by atoms with Gasteiger partial charge in [0.1, 0.15) is 17.5 Å². The summed E-state index contributed by atoms with van der Waals surface area (Å²) in [6, 6.07) is 10.1. The van der Waals surface area contributed by atoms with Gasteiger partial charge in [-0.2, -0.15) is 4.98 Å². The molecule has 28 heavy (non-hydrogen) atoms. The number of nitrogens with zero attached hydrogens (tertiary/aromatic N) is 2. The molecular weight excluding hydrogens is 379 g/mol. The van der Waals surface area contributed by atoms with Crippen LogP contribution in [-0.2, 0) is 0 Å². The molecule has 1 heterocycles. The van der Waals surface area contributed by atoms with E-state index in [0.717, 1.165) is 5.39 Å². The molecule has 8 heteroatoms. The van der Waals surface area contributed by atoms with Gasteiger partial charge in [0.15, 0.2) is 0 Å². The Morgan fingerprint density at radius 3 is 2.75 bits per heavy atom. The van der Waals surface area contributed by atoms with Crippen LogP contribution in [0.25, 0.3) is 10.9 Å². The van der Waals surface area contributed by atoms with Crippen LogP contribution in [-0.4, -0.2) is 21.8 Å². The summed E-state index contributed by atoms with van der Waals surface area (Å²) in [5, 5.41) is 15.2. The quantitative estimate of drug-likeness (QED) is 0.357. The number of para-hydroxylation sites is 1. The Balaban J connectivity index is 1.79. The van der Waals surface area contributed by atoms with Crippen LogP contribution in [0, 0.1) is 17.1 Å². The van der Waals surface area contributed by atoms with Crippen molar-refractivity contribution in [3.63, 3.8) is 0 Å². The maximum Gasteiger partial charge on any atom is 0.229 e. The van der Waals surface area contributed by atoms with Crippen molar-refractivity contribution < 1.29 is 4.39 Å². The molecule has 6 nitrogen and oxygen atoms in total. The van der Waals surface area contributed by atoms with Crippen molar-refractivity contribution in [3.8, 4) is 0 Å². The van der Waals surface area contributed by atoms with E-state index in [2.05, 4.69) is 27.5 Å². The van der Waals surface area contributed by atoms with Gasteiger partial charge in [-0.15, -0.1) is 0 Å². The van der Waals surface area contributed by atoms with Crippen molar-refractivity contribution in [2.24, 2.45) is 11.7 Å². The van der Waals surface area contributed by atoms with Crippen LogP contribution in [0.2, 0.25) is 5.02 Å². The van der Waals surface area contributed by atoms with Crippen LogP contribution in [0.4, 0.5) is 21.8 Å². The number of rotatable bonds is 6. The third-order valence-corrected chi connectivity index (χ3v) is 5.18. The van der Waals surface area contributed by atoms with Crippen LogP contribution < -0.4 is 16.4 Å². The van der Waals surface area contributed by atoms with Crippen molar-refractivity contribution >= 4 is 45.8 Å². The van der Waals surface area contributed by atoms with Gasteiger partial charge in [-0.1, -0.05) is 17.7 Å². The Morgan fingerprint density at radius 1 is 1.29 bits per heavy atom. The maximum atomic E-state index is 13.4. The number of nitrogens with one attached hydrogen (secondary N) is 3. The molecule has 1 fully saturated rings. The molecule has 1 aliphatic carbocycles. The zero-order chi connectivity index (χ0) is 19.8. The van der Waals surface area contributed by atoms with Crippen molar-refractivity contribution in [1.29, 1.82) is 5.41 Å². The molecule has 2 aromatic carbocycles. The van der Waals surface area contributed by atoms with Gasteiger partial charge < -0.3 is 16.4 Å². The Kier molecular flexibility index (Phi) is 4.77. The molecule has 1 aromatic heterocycles. The summed E-state index contributed by atoms with van der Waals surface area (Å²) in [7, 11) is 0. The fraction of sp³-hybridized carbons (Fsp3) is 0.250. The smallest absolute Gasteiger partial charge is 0.229 e. The number of benzene rings is 2. The zero-order valence-electron chi connectivity index (χ0n) is 15.3. The minimum atomic E-state index is -0.494. The highest BCUT2D eigenvalue weighted by atomic mass is 35.5. The third kappa shape index (κ3) is 3.71. The fourth-order valence-electron chi connectivity index (χ4n) is 3.17. The van der Waals surface area contributed by atoms with Gasteiger partial charge in [-0.05, 0) is 56.0 Å². The summed E-state index contributed by atoms with van der Waals surface area (Å²) in [5.41, 5.74) is 7.42. The molecule has 0 radical (unpaired) electrons. The second-order valence-electron chi connectivity index (χ2n) is 7.04. The molecule has 0 aliphatic heterocycles. The number of fused-ring (bicyclic) bond motifs is 1. The first-order valence-electron chi connectivity index (χ1n) is 9.06. The summed E-state index contributed by atoms with van der Waals surface area (Å²) in [6.45, 7) is 2.13. The van der Waals surface area contributed by atoms with Crippen LogP contribution in [0.15, 0.2) is 36.4 Å². The van der Waals surface area contributed by atoms with Crippen molar-refractivity contribution in [3.05, 3.63) is 52.8 Å². The van der Waals surface area contributed by atoms with Gasteiger partial charge in [0, 0.05) is 22.7 Å². The molecule has 3 aromatic rings. The molecule has 1 atom stereocenters. The van der Waals surface area contributed by atoms with Gasteiger partial charge in [0.25, 0.3) is 0 Å². The normalized spacial score (nSPS) is 14.7. The first-order valence-corrected chi connectivity index (χ1v) is 9.44. The molecule has 4 rings (SSSR count). The SMILES string of the molecule is CC(Nc1nc(Nc2ccc(F)c(Cl)c2)nc2c(C(=N)N)cccc12)C1CC1. The topological polar surface area (TPSA) is 99.7 Å². The molecule has 1 saturated carbocycles.